The summed E-state index contributed by atoms with van der Waals surface area (Å²) in [4.78, 5) is 10.2. The number of aromatic nitrogens is 2. The van der Waals surface area contributed by atoms with Crippen molar-refractivity contribution >= 4 is 23.0 Å². The molecule has 1 aliphatic heterocycles. The van der Waals surface area contributed by atoms with Gasteiger partial charge in [0, 0.05) is 23.3 Å². The molecule has 0 bridgehead atoms. The molecule has 0 radical (unpaired) electrons. The van der Waals surface area contributed by atoms with Crippen LogP contribution >= 0.6 is 12.2 Å². The van der Waals surface area contributed by atoms with Crippen molar-refractivity contribution in [2.45, 2.75) is 25.9 Å². The van der Waals surface area contributed by atoms with Gasteiger partial charge in [-0.15, -0.1) is 0 Å². The third-order valence-corrected chi connectivity index (χ3v) is 5.96. The second-order valence-corrected chi connectivity index (χ2v) is 8.39. The molecule has 160 valence electrons. The third kappa shape index (κ3) is 3.97. The van der Waals surface area contributed by atoms with Gasteiger partial charge >= 0.3 is 0 Å². The van der Waals surface area contributed by atoms with Crippen molar-refractivity contribution in [2.24, 2.45) is 0 Å². The molecule has 2 N–H and O–H groups in total. The van der Waals surface area contributed by atoms with Crippen LogP contribution in [-0.4, -0.2) is 15.1 Å². The fraction of sp³-hybridized carbons (Fsp3) is 0.154. The molecule has 1 fully saturated rings. The van der Waals surface area contributed by atoms with Gasteiger partial charge in [-0.1, -0.05) is 23.8 Å². The fourth-order valence-electron chi connectivity index (χ4n) is 4.06. The molecule has 2 aromatic carbocycles. The van der Waals surface area contributed by atoms with Gasteiger partial charge in [0.1, 0.15) is 17.5 Å². The van der Waals surface area contributed by atoms with Gasteiger partial charge in [0.2, 0.25) is 0 Å². The summed E-state index contributed by atoms with van der Waals surface area (Å²) < 4.78 is 6.00. The topological polar surface area (TPSA) is 53.2 Å². The zero-order valence-corrected chi connectivity index (χ0v) is 18.8. The van der Waals surface area contributed by atoms with E-state index < -0.39 is 0 Å². The van der Waals surface area contributed by atoms with Crippen LogP contribution in [0.25, 0.3) is 0 Å². The van der Waals surface area contributed by atoms with Gasteiger partial charge in [0.05, 0.1) is 11.7 Å². The monoisotopic (exact) mass is 440 g/mol. The van der Waals surface area contributed by atoms with Gasteiger partial charge in [-0.3, -0.25) is 4.98 Å². The first-order chi connectivity index (χ1) is 15.6. The Labute approximate surface area is 193 Å². The van der Waals surface area contributed by atoms with Gasteiger partial charge in [-0.25, -0.2) is 0 Å². The lowest BCUT2D eigenvalue weighted by molar-refractivity contribution is 0.482. The summed E-state index contributed by atoms with van der Waals surface area (Å²) in [5, 5.41) is 4.15. The predicted octanol–water partition coefficient (Wildman–Crippen LogP) is 6.00. The highest BCUT2D eigenvalue weighted by Crippen LogP contribution is 2.41. The Morgan fingerprint density at radius 2 is 1.59 bits per heavy atom. The van der Waals surface area contributed by atoms with E-state index in [0.717, 1.165) is 34.3 Å². The summed E-state index contributed by atoms with van der Waals surface area (Å²) >= 11 is 5.78. The van der Waals surface area contributed by atoms with Gasteiger partial charge in [0.15, 0.2) is 5.11 Å². The fourth-order valence-corrected chi connectivity index (χ4v) is 4.41. The summed E-state index contributed by atoms with van der Waals surface area (Å²) in [6.45, 7) is 4.12. The predicted molar refractivity (Wildman–Crippen MR) is 131 cm³/mol. The van der Waals surface area contributed by atoms with E-state index in [1.807, 2.05) is 72.9 Å². The molecule has 32 heavy (non-hydrogen) atoms. The molecule has 6 heteroatoms. The normalized spacial score (nSPS) is 17.9. The van der Waals surface area contributed by atoms with Crippen LogP contribution in [0.15, 0.2) is 85.1 Å². The van der Waals surface area contributed by atoms with E-state index in [4.69, 9.17) is 17.0 Å². The van der Waals surface area contributed by atoms with Crippen molar-refractivity contribution in [3.05, 3.63) is 108 Å². The quantitative estimate of drug-likeness (QED) is 0.373. The molecule has 4 aromatic rings. The highest BCUT2D eigenvalue weighted by Gasteiger charge is 2.41. The SMILES string of the molecule is Cc1ccc(Oc2ccc(N3C(=S)N[C@H](c4ccccn4)[C@H]3c3ccc(C)[nH]3)cc2)cc1. The number of nitrogens with zero attached hydrogens (tertiary/aromatic N) is 2. The van der Waals surface area contributed by atoms with Crippen molar-refractivity contribution in [3.63, 3.8) is 0 Å². The Morgan fingerprint density at radius 1 is 0.875 bits per heavy atom. The summed E-state index contributed by atoms with van der Waals surface area (Å²) in [6, 6.07) is 26.1. The van der Waals surface area contributed by atoms with Crippen LogP contribution in [0, 0.1) is 13.8 Å². The number of nitrogens with one attached hydrogen (secondary N) is 2. The van der Waals surface area contributed by atoms with Crippen LogP contribution in [0.3, 0.4) is 0 Å². The number of benzene rings is 2. The highest BCUT2D eigenvalue weighted by atomic mass is 32.1. The molecule has 3 heterocycles. The van der Waals surface area contributed by atoms with Crippen molar-refractivity contribution in [1.29, 1.82) is 0 Å². The molecule has 1 aliphatic rings. The molecule has 2 aromatic heterocycles. The second kappa shape index (κ2) is 8.48. The Morgan fingerprint density at radius 3 is 2.22 bits per heavy atom. The van der Waals surface area contributed by atoms with Crippen molar-refractivity contribution in [2.75, 3.05) is 4.90 Å². The van der Waals surface area contributed by atoms with Gasteiger partial charge in [-0.2, -0.15) is 0 Å². The lowest BCUT2D eigenvalue weighted by Gasteiger charge is -2.27. The van der Waals surface area contributed by atoms with E-state index in [1.165, 1.54) is 5.56 Å². The van der Waals surface area contributed by atoms with Crippen LogP contribution in [0.5, 0.6) is 11.5 Å². The number of aryl methyl sites for hydroxylation is 2. The van der Waals surface area contributed by atoms with Gasteiger partial charge < -0.3 is 19.9 Å². The molecule has 0 unspecified atom stereocenters. The molecule has 0 spiro atoms. The van der Waals surface area contributed by atoms with E-state index in [-0.39, 0.29) is 12.1 Å². The van der Waals surface area contributed by atoms with Crippen LogP contribution in [0.2, 0.25) is 0 Å². The maximum atomic E-state index is 6.00. The molecule has 0 saturated carbocycles. The number of anilines is 1. The molecule has 0 aliphatic carbocycles. The van der Waals surface area contributed by atoms with E-state index in [2.05, 4.69) is 46.2 Å². The first-order valence-corrected chi connectivity index (χ1v) is 11.0. The number of hydrogen-bond acceptors (Lipinski definition) is 3. The van der Waals surface area contributed by atoms with E-state index >= 15 is 0 Å². The highest BCUT2D eigenvalue weighted by molar-refractivity contribution is 7.80. The summed E-state index contributed by atoms with van der Waals surface area (Å²) in [5.74, 6) is 1.60. The van der Waals surface area contributed by atoms with Crippen LogP contribution in [0.4, 0.5) is 5.69 Å². The zero-order chi connectivity index (χ0) is 22.1. The Hall–Kier alpha value is -3.64. The maximum Gasteiger partial charge on any atom is 0.174 e. The number of H-pyrrole nitrogens is 1. The zero-order valence-electron chi connectivity index (χ0n) is 17.9. The summed E-state index contributed by atoms with van der Waals surface area (Å²) in [6.07, 6.45) is 1.82. The minimum absolute atomic E-state index is 0.0463. The molecule has 0 amide bonds. The molecule has 5 nitrogen and oxygen atoms in total. The first kappa shape index (κ1) is 20.3. The largest absolute Gasteiger partial charge is 0.457 e. The van der Waals surface area contributed by atoms with Crippen molar-refractivity contribution in [1.82, 2.24) is 15.3 Å². The maximum absolute atomic E-state index is 6.00. The number of aromatic amines is 1. The lowest BCUT2D eigenvalue weighted by Crippen LogP contribution is -2.29. The third-order valence-electron chi connectivity index (χ3n) is 5.64. The van der Waals surface area contributed by atoms with E-state index in [9.17, 15) is 0 Å². The smallest absolute Gasteiger partial charge is 0.174 e. The molecular formula is C26H24N4OS. The van der Waals surface area contributed by atoms with Crippen LogP contribution in [0.1, 0.15) is 34.7 Å². The lowest BCUT2D eigenvalue weighted by atomic mass is 10.0. The number of rotatable bonds is 5. The van der Waals surface area contributed by atoms with Crippen LogP contribution < -0.4 is 15.0 Å². The number of ether oxygens (including phenoxy) is 1. The molecule has 1 saturated heterocycles. The van der Waals surface area contributed by atoms with Crippen molar-refractivity contribution in [3.8, 4) is 11.5 Å². The van der Waals surface area contributed by atoms with Crippen molar-refractivity contribution < 1.29 is 4.74 Å². The van der Waals surface area contributed by atoms with E-state index in [1.54, 1.807) is 0 Å². The van der Waals surface area contributed by atoms with Crippen LogP contribution in [-0.2, 0) is 0 Å². The minimum Gasteiger partial charge on any atom is -0.457 e. The number of pyridine rings is 1. The Kier molecular flexibility index (Phi) is 5.37. The summed E-state index contributed by atoms with van der Waals surface area (Å²) in [7, 11) is 0. The van der Waals surface area contributed by atoms with Gasteiger partial charge in [0.25, 0.3) is 0 Å². The molecule has 5 rings (SSSR count). The average molecular weight is 441 g/mol. The number of hydrogen-bond donors (Lipinski definition) is 2. The number of thiocarbonyl (C=S) groups is 1. The average Bonchev–Trinajstić information content (AvgIpc) is 3.39. The van der Waals surface area contributed by atoms with Gasteiger partial charge in [-0.05, 0) is 86.7 Å². The first-order valence-electron chi connectivity index (χ1n) is 10.6. The second-order valence-electron chi connectivity index (χ2n) is 8.00. The Bertz CT molecular complexity index is 1220. The minimum atomic E-state index is -0.0646. The van der Waals surface area contributed by atoms with E-state index in [0.29, 0.717) is 5.11 Å². The molecule has 2 atom stereocenters. The summed E-state index contributed by atoms with van der Waals surface area (Å²) in [5.41, 5.74) is 5.35. The standard InChI is InChI=1S/C26H24N4OS/c1-17-6-11-20(12-7-17)31-21-13-9-19(10-14-21)30-25(23-15-8-18(2)28-23)24(29-26(30)32)22-5-3-4-16-27-22/h3-16,24-25,28H,1-2H3,(H,29,32)/t24-,25-/m1/s1. The Balaban J connectivity index is 1.46. The molecular weight excluding hydrogens is 416 g/mol.